The number of nitrogens with one attached hydrogen (secondary N) is 1. The number of aliphatic hydroxyl groups excluding tert-OH is 2. The third-order valence-electron chi connectivity index (χ3n) is 17.4. The average Bonchev–Trinajstić information content (AvgIpc) is 3.48. The molecule has 0 heterocycles. The molecule has 0 radical (unpaired) electrons. The van der Waals surface area contributed by atoms with Gasteiger partial charge in [-0.15, -0.1) is 0 Å². The normalized spacial score (nSPS) is 12.7. The van der Waals surface area contributed by atoms with Crippen LogP contribution in [0.1, 0.15) is 412 Å². The number of hydrogen-bond acceptors (Lipinski definition) is 5. The molecular weight excluding hydrogens is 1010 g/mol. The van der Waals surface area contributed by atoms with E-state index in [0.29, 0.717) is 19.4 Å². The van der Waals surface area contributed by atoms with Gasteiger partial charge in [-0.3, -0.25) is 9.59 Å². The standard InChI is InChI=1S/C76H145NO5/c1-3-5-7-9-11-13-15-17-19-20-35-39-42-46-50-54-58-62-66-70-76(81)82-71-67-63-59-55-51-47-43-40-37-34-32-30-28-26-24-22-21-23-25-27-29-31-33-36-38-41-45-49-53-57-61-65-69-75(80)77-73(72-78)74(79)68-64-60-56-52-48-44-18-16-14-12-10-8-6-4-2/h17,19,24,26,64,68,73-74,78-79H,3-16,18,20-23,25,27-63,65-67,69-72H2,1-2H3,(H,77,80)/b19-17-,26-24-,68-64+. The Morgan fingerprint density at radius 1 is 0.329 bits per heavy atom. The van der Waals surface area contributed by atoms with Crippen LogP contribution >= 0.6 is 0 Å². The van der Waals surface area contributed by atoms with Crippen LogP contribution in [0.25, 0.3) is 0 Å². The van der Waals surface area contributed by atoms with Crippen LogP contribution < -0.4 is 5.32 Å². The topological polar surface area (TPSA) is 95.9 Å². The number of rotatable bonds is 70. The highest BCUT2D eigenvalue weighted by Gasteiger charge is 2.18. The fourth-order valence-corrected chi connectivity index (χ4v) is 11.7. The fourth-order valence-electron chi connectivity index (χ4n) is 11.7. The molecule has 1 amide bonds. The van der Waals surface area contributed by atoms with Gasteiger partial charge in [-0.25, -0.2) is 0 Å². The number of aliphatic hydroxyl groups is 2. The second-order valence-electron chi connectivity index (χ2n) is 25.6. The molecule has 0 aliphatic rings. The maximum Gasteiger partial charge on any atom is 0.305 e. The molecule has 0 bridgehead atoms. The van der Waals surface area contributed by atoms with E-state index in [2.05, 4.69) is 43.5 Å². The van der Waals surface area contributed by atoms with Crippen molar-refractivity contribution in [1.82, 2.24) is 5.32 Å². The first-order chi connectivity index (χ1) is 40.5. The van der Waals surface area contributed by atoms with Gasteiger partial charge in [-0.05, 0) is 83.5 Å². The van der Waals surface area contributed by atoms with Gasteiger partial charge in [-0.1, -0.05) is 352 Å². The Balaban J connectivity index is 3.35. The Hall–Kier alpha value is -1.92. The summed E-state index contributed by atoms with van der Waals surface area (Å²) in [6.07, 6.45) is 92.5. The molecule has 3 N–H and O–H groups in total. The van der Waals surface area contributed by atoms with Gasteiger partial charge in [0.1, 0.15) is 0 Å². The van der Waals surface area contributed by atoms with Crippen LogP contribution in [0.2, 0.25) is 0 Å². The zero-order valence-corrected chi connectivity index (χ0v) is 55.5. The summed E-state index contributed by atoms with van der Waals surface area (Å²) in [7, 11) is 0. The third-order valence-corrected chi connectivity index (χ3v) is 17.4. The molecular formula is C76H145NO5. The van der Waals surface area contributed by atoms with E-state index in [1.165, 1.54) is 347 Å². The SMILES string of the molecule is CCCCCCCC/C=C\CCCCCCCCCCCC(=O)OCCCCCCCCCCCCCC/C=C\CCCCCCCCCCCCCCCCCCC(=O)NC(CO)C(O)/C=C/CCCCCCCCCCCCCC. The second-order valence-corrected chi connectivity index (χ2v) is 25.6. The van der Waals surface area contributed by atoms with E-state index in [4.69, 9.17) is 4.74 Å². The summed E-state index contributed by atoms with van der Waals surface area (Å²) >= 11 is 0. The Morgan fingerprint density at radius 2 is 0.573 bits per heavy atom. The van der Waals surface area contributed by atoms with Gasteiger partial charge in [0.2, 0.25) is 5.91 Å². The minimum atomic E-state index is -0.842. The number of carbonyl (C=O) groups is 2. The van der Waals surface area contributed by atoms with Crippen LogP contribution in [-0.4, -0.2) is 47.4 Å². The molecule has 0 aliphatic heterocycles. The Bertz CT molecular complexity index is 1330. The quantitative estimate of drug-likeness (QED) is 0.0320. The van der Waals surface area contributed by atoms with Gasteiger partial charge in [0, 0.05) is 12.8 Å². The van der Waals surface area contributed by atoms with Crippen molar-refractivity contribution in [2.75, 3.05) is 13.2 Å². The number of amides is 1. The lowest BCUT2D eigenvalue weighted by molar-refractivity contribution is -0.143. The van der Waals surface area contributed by atoms with E-state index >= 15 is 0 Å². The number of carbonyl (C=O) groups excluding carboxylic acids is 2. The predicted molar refractivity (Wildman–Crippen MR) is 361 cm³/mol. The van der Waals surface area contributed by atoms with Crippen molar-refractivity contribution >= 4 is 11.9 Å². The van der Waals surface area contributed by atoms with E-state index < -0.39 is 12.1 Å². The van der Waals surface area contributed by atoms with E-state index in [-0.39, 0.29) is 18.5 Å². The van der Waals surface area contributed by atoms with Crippen molar-refractivity contribution in [3.63, 3.8) is 0 Å². The van der Waals surface area contributed by atoms with E-state index in [9.17, 15) is 19.8 Å². The zero-order chi connectivity index (χ0) is 59.2. The zero-order valence-electron chi connectivity index (χ0n) is 55.5. The highest BCUT2D eigenvalue weighted by atomic mass is 16.5. The summed E-state index contributed by atoms with van der Waals surface area (Å²) in [5, 5.41) is 23.2. The Labute approximate surface area is 513 Å². The minimum Gasteiger partial charge on any atom is -0.466 e. The van der Waals surface area contributed by atoms with Crippen LogP contribution in [0, 0.1) is 0 Å². The first-order valence-corrected chi connectivity index (χ1v) is 37.3. The number of ether oxygens (including phenoxy) is 1. The molecule has 0 spiro atoms. The van der Waals surface area contributed by atoms with Gasteiger partial charge in [-0.2, -0.15) is 0 Å². The summed E-state index contributed by atoms with van der Waals surface area (Å²) in [5.74, 6) is -0.0454. The van der Waals surface area contributed by atoms with E-state index in [1.54, 1.807) is 6.08 Å². The third kappa shape index (κ3) is 67.2. The predicted octanol–water partition coefficient (Wildman–Crippen LogP) is 24.3. The lowest BCUT2D eigenvalue weighted by Gasteiger charge is -2.20. The number of hydrogen-bond donors (Lipinski definition) is 3. The van der Waals surface area contributed by atoms with Crippen molar-refractivity contribution in [1.29, 1.82) is 0 Å². The molecule has 0 aromatic carbocycles. The molecule has 0 saturated carbocycles. The largest absolute Gasteiger partial charge is 0.466 e. The first kappa shape index (κ1) is 80.1. The highest BCUT2D eigenvalue weighted by Crippen LogP contribution is 2.19. The Kier molecular flexibility index (Phi) is 69.9. The van der Waals surface area contributed by atoms with Crippen LogP contribution in [0.5, 0.6) is 0 Å². The smallest absolute Gasteiger partial charge is 0.305 e. The van der Waals surface area contributed by atoms with E-state index in [0.717, 1.165) is 38.5 Å². The van der Waals surface area contributed by atoms with Gasteiger partial charge >= 0.3 is 5.97 Å². The molecule has 0 saturated heterocycles. The lowest BCUT2D eigenvalue weighted by Crippen LogP contribution is -2.45. The minimum absolute atomic E-state index is 0.0181. The molecule has 0 aromatic heterocycles. The molecule has 6 nitrogen and oxygen atoms in total. The first-order valence-electron chi connectivity index (χ1n) is 37.3. The summed E-state index contributed by atoms with van der Waals surface area (Å²) in [4.78, 5) is 24.6. The molecule has 6 heteroatoms. The summed E-state index contributed by atoms with van der Waals surface area (Å²) < 4.78 is 5.51. The number of unbranched alkanes of at least 4 members (excludes halogenated alkanes) is 55. The molecule has 2 unspecified atom stereocenters. The van der Waals surface area contributed by atoms with Crippen LogP contribution in [0.4, 0.5) is 0 Å². The van der Waals surface area contributed by atoms with Crippen molar-refractivity contribution in [3.05, 3.63) is 36.5 Å². The molecule has 82 heavy (non-hydrogen) atoms. The van der Waals surface area contributed by atoms with Gasteiger partial charge in [0.15, 0.2) is 0 Å². The maximum absolute atomic E-state index is 12.5. The van der Waals surface area contributed by atoms with Crippen molar-refractivity contribution < 1.29 is 24.5 Å². The average molecular weight is 1150 g/mol. The van der Waals surface area contributed by atoms with Crippen LogP contribution in [-0.2, 0) is 14.3 Å². The monoisotopic (exact) mass is 1150 g/mol. The highest BCUT2D eigenvalue weighted by molar-refractivity contribution is 5.76. The van der Waals surface area contributed by atoms with Crippen molar-refractivity contribution in [3.8, 4) is 0 Å². The Morgan fingerprint density at radius 3 is 0.866 bits per heavy atom. The summed E-state index contributed by atoms with van der Waals surface area (Å²) in [6, 6.07) is -0.625. The molecule has 0 aromatic rings. The van der Waals surface area contributed by atoms with Gasteiger partial charge < -0.3 is 20.3 Å². The molecule has 2 atom stereocenters. The van der Waals surface area contributed by atoms with Crippen LogP contribution in [0.3, 0.4) is 0 Å². The number of esters is 1. The van der Waals surface area contributed by atoms with Crippen molar-refractivity contribution in [2.24, 2.45) is 0 Å². The molecule has 484 valence electrons. The molecule has 0 fully saturated rings. The summed E-state index contributed by atoms with van der Waals surface area (Å²) in [6.45, 7) is 4.93. The van der Waals surface area contributed by atoms with Crippen molar-refractivity contribution in [2.45, 2.75) is 424 Å². The lowest BCUT2D eigenvalue weighted by atomic mass is 10.0. The van der Waals surface area contributed by atoms with E-state index in [1.807, 2.05) is 6.08 Å². The van der Waals surface area contributed by atoms with Gasteiger partial charge in [0.05, 0.1) is 25.4 Å². The van der Waals surface area contributed by atoms with Gasteiger partial charge in [0.25, 0.3) is 0 Å². The molecule has 0 rings (SSSR count). The number of allylic oxidation sites excluding steroid dienone is 5. The summed E-state index contributed by atoms with van der Waals surface area (Å²) in [5.41, 5.74) is 0. The fraction of sp³-hybridized carbons (Fsp3) is 0.895. The molecule has 0 aliphatic carbocycles. The van der Waals surface area contributed by atoms with Crippen LogP contribution in [0.15, 0.2) is 36.5 Å². The second kappa shape index (κ2) is 71.6. The maximum atomic E-state index is 12.5.